The third-order valence-electron chi connectivity index (χ3n) is 5.37. The molecule has 0 radical (unpaired) electrons. The molecule has 1 fully saturated rings. The summed E-state index contributed by atoms with van der Waals surface area (Å²) in [6, 6.07) is 10.4. The van der Waals surface area contributed by atoms with Crippen LogP contribution in [0.1, 0.15) is 26.3 Å². The number of rotatable bonds is 6. The molecular weight excluding hydrogens is 415 g/mol. The van der Waals surface area contributed by atoms with Crippen molar-refractivity contribution in [3.8, 4) is 0 Å². The molecule has 2 rings (SSSR count). The largest absolute Gasteiger partial charge is 0.392 e. The number of benzene rings is 1. The van der Waals surface area contributed by atoms with Gasteiger partial charge in [-0.25, -0.2) is 0 Å². The molecule has 1 aromatic rings. The Bertz CT molecular complexity index is 520. The van der Waals surface area contributed by atoms with Crippen molar-refractivity contribution in [1.29, 1.82) is 0 Å². The fourth-order valence-electron chi connectivity index (χ4n) is 3.62. The summed E-state index contributed by atoms with van der Waals surface area (Å²) < 4.78 is 6.67. The van der Waals surface area contributed by atoms with Gasteiger partial charge in [0.25, 0.3) is 0 Å². The molecule has 0 unspecified atom stereocenters. The zero-order valence-corrected chi connectivity index (χ0v) is 18.4. The fraction of sp³-hybridized carbons (Fsp3) is 0.684. The molecule has 0 aliphatic heterocycles. The van der Waals surface area contributed by atoms with Gasteiger partial charge in [-0.15, -0.1) is 0 Å². The van der Waals surface area contributed by atoms with Gasteiger partial charge in [0.1, 0.15) is 0 Å². The molecule has 1 saturated carbocycles. The summed E-state index contributed by atoms with van der Waals surface area (Å²) in [6.45, 7) is 15.1. The first-order valence-electron chi connectivity index (χ1n) is 8.45. The fourth-order valence-corrected chi connectivity index (χ4v) is 11.0. The number of halogens is 1. The second-order valence-corrected chi connectivity index (χ2v) is 15.8. The number of aliphatic hydroxyl groups is 1. The number of aliphatic hydroxyl groups excluding tert-OH is 1. The summed E-state index contributed by atoms with van der Waals surface area (Å²) in [5, 5.41) is 11.0. The molecule has 0 heterocycles. The Balaban J connectivity index is 2.10. The van der Waals surface area contributed by atoms with E-state index in [0.717, 1.165) is 6.61 Å². The third-order valence-corrected chi connectivity index (χ3v) is 11.4. The topological polar surface area (TPSA) is 29.5 Å². The van der Waals surface area contributed by atoms with Crippen LogP contribution < -0.4 is 0 Å². The smallest absolute Gasteiger partial charge is 0.0717 e. The Hall–Kier alpha value is 0.0869. The Labute approximate surface area is 156 Å². The zero-order valence-electron chi connectivity index (χ0n) is 15.3. The van der Waals surface area contributed by atoms with Crippen molar-refractivity contribution in [2.45, 2.75) is 62.1 Å². The zero-order chi connectivity index (χ0) is 17.5. The van der Waals surface area contributed by atoms with Crippen molar-refractivity contribution in [3.63, 3.8) is 0 Å². The lowest BCUT2D eigenvalue weighted by atomic mass is 9.85. The van der Waals surface area contributed by atoms with Crippen molar-refractivity contribution in [2.75, 3.05) is 6.61 Å². The molecule has 0 spiro atoms. The van der Waals surface area contributed by atoms with Gasteiger partial charge in [0.15, 0.2) is 0 Å². The molecule has 130 valence electrons. The molecule has 1 aliphatic carbocycles. The summed E-state index contributed by atoms with van der Waals surface area (Å²) in [7, 11) is -1.47. The Morgan fingerprint density at radius 2 is 1.78 bits per heavy atom. The minimum atomic E-state index is -1.47. The van der Waals surface area contributed by atoms with Crippen molar-refractivity contribution in [1.82, 2.24) is 0 Å². The van der Waals surface area contributed by atoms with Crippen LogP contribution in [0.5, 0.6) is 0 Å². The van der Waals surface area contributed by atoms with Gasteiger partial charge in [-0.05, 0) is 11.0 Å². The van der Waals surface area contributed by atoms with Gasteiger partial charge in [-0.3, -0.25) is 0 Å². The van der Waals surface area contributed by atoms with E-state index in [1.54, 1.807) is 0 Å². The highest BCUT2D eigenvalue weighted by Crippen LogP contribution is 2.72. The summed E-state index contributed by atoms with van der Waals surface area (Å²) in [4.78, 5) is 0. The van der Waals surface area contributed by atoms with E-state index >= 15 is 0 Å². The van der Waals surface area contributed by atoms with Crippen LogP contribution in [0.15, 0.2) is 30.3 Å². The monoisotopic (exact) mass is 446 g/mol. The van der Waals surface area contributed by atoms with E-state index < -0.39 is 8.07 Å². The molecule has 23 heavy (non-hydrogen) atoms. The minimum Gasteiger partial charge on any atom is -0.392 e. The molecule has 4 heteroatoms. The lowest BCUT2D eigenvalue weighted by molar-refractivity contribution is 0.0311. The maximum atomic E-state index is 10.9. The van der Waals surface area contributed by atoms with E-state index in [1.807, 2.05) is 6.07 Å². The highest BCUT2D eigenvalue weighted by molar-refractivity contribution is 14.1. The van der Waals surface area contributed by atoms with Crippen LogP contribution in [-0.2, 0) is 11.3 Å². The van der Waals surface area contributed by atoms with E-state index in [2.05, 4.69) is 87.3 Å². The minimum absolute atomic E-state index is 0.0745. The summed E-state index contributed by atoms with van der Waals surface area (Å²) >= 11 is 2.56. The van der Waals surface area contributed by atoms with Crippen LogP contribution in [0.4, 0.5) is 0 Å². The first-order valence-corrected chi connectivity index (χ1v) is 13.2. The summed E-state index contributed by atoms with van der Waals surface area (Å²) in [5.41, 5.74) is 1.14. The lowest BCUT2D eigenvalue weighted by Gasteiger charge is -2.34. The van der Waals surface area contributed by atoms with E-state index in [0.29, 0.717) is 16.4 Å². The predicted molar refractivity (Wildman–Crippen MR) is 109 cm³/mol. The number of ether oxygens (including phenoxy) is 1. The summed E-state index contributed by atoms with van der Waals surface area (Å²) in [5.74, 6) is 0.352. The number of alkyl halides is 1. The quantitative estimate of drug-likeness (QED) is 0.373. The van der Waals surface area contributed by atoms with Gasteiger partial charge in [0, 0.05) is 14.9 Å². The Morgan fingerprint density at radius 1 is 1.22 bits per heavy atom. The molecule has 0 amide bonds. The van der Waals surface area contributed by atoms with Crippen molar-refractivity contribution >= 4 is 30.7 Å². The van der Waals surface area contributed by atoms with Gasteiger partial charge < -0.3 is 9.84 Å². The highest BCUT2D eigenvalue weighted by Gasteiger charge is 2.72. The van der Waals surface area contributed by atoms with E-state index in [-0.39, 0.29) is 16.6 Å². The third kappa shape index (κ3) is 3.85. The molecule has 0 saturated heterocycles. The first-order chi connectivity index (χ1) is 10.5. The molecule has 2 nitrogen and oxygen atoms in total. The molecule has 1 aromatic carbocycles. The predicted octanol–water partition coefficient (Wildman–Crippen LogP) is 5.12. The first kappa shape index (κ1) is 19.4. The number of hydrogen-bond acceptors (Lipinski definition) is 2. The van der Waals surface area contributed by atoms with Crippen molar-refractivity contribution in [3.05, 3.63) is 35.9 Å². The maximum absolute atomic E-state index is 10.9. The van der Waals surface area contributed by atoms with Gasteiger partial charge in [-0.2, -0.15) is 0 Å². The standard InChI is InChI=1S/C19H31IO2Si/c1-18(2,3)17(21)15-16(20)19(15,23(4,5)6)13-22-12-14-10-8-7-9-11-14/h7-11,15-17,21H,12-13H2,1-6H3/t15-,16+,17-,19+/m1/s1. The van der Waals surface area contributed by atoms with E-state index in [4.69, 9.17) is 4.74 Å². The highest BCUT2D eigenvalue weighted by atomic mass is 127. The van der Waals surface area contributed by atoms with Gasteiger partial charge in [-0.1, -0.05) is 93.3 Å². The Kier molecular flexibility index (Phi) is 5.71. The SMILES string of the molecule is CC(C)(C)[C@H](O)[C@H]1[C@H](I)[C@@]1(COCc1ccccc1)[Si](C)(C)C. The second kappa shape index (κ2) is 6.77. The van der Waals surface area contributed by atoms with E-state index in [1.165, 1.54) is 5.56 Å². The van der Waals surface area contributed by atoms with Crippen LogP contribution in [0.2, 0.25) is 24.7 Å². The van der Waals surface area contributed by atoms with Gasteiger partial charge in [0.05, 0.1) is 27.4 Å². The molecule has 4 atom stereocenters. The molecule has 1 aliphatic rings. The van der Waals surface area contributed by atoms with Gasteiger partial charge >= 0.3 is 0 Å². The molecule has 0 bridgehead atoms. The summed E-state index contributed by atoms with van der Waals surface area (Å²) in [6.07, 6.45) is -0.267. The van der Waals surface area contributed by atoms with Crippen molar-refractivity contribution in [2.24, 2.45) is 11.3 Å². The Morgan fingerprint density at radius 3 is 2.26 bits per heavy atom. The van der Waals surface area contributed by atoms with Crippen LogP contribution in [0.3, 0.4) is 0 Å². The number of hydrogen-bond donors (Lipinski definition) is 1. The average Bonchev–Trinajstić information content (AvgIpc) is 3.04. The molecule has 1 N–H and O–H groups in total. The maximum Gasteiger partial charge on any atom is 0.0717 e. The second-order valence-electron chi connectivity index (χ2n) is 9.01. The molecule has 0 aromatic heterocycles. The van der Waals surface area contributed by atoms with Crippen LogP contribution in [0.25, 0.3) is 0 Å². The van der Waals surface area contributed by atoms with Crippen LogP contribution in [0, 0.1) is 11.3 Å². The molecular formula is C19H31IO2Si. The van der Waals surface area contributed by atoms with Gasteiger partial charge in [0.2, 0.25) is 0 Å². The normalized spacial score (nSPS) is 29.4. The average molecular weight is 446 g/mol. The van der Waals surface area contributed by atoms with Crippen LogP contribution in [-0.4, -0.2) is 29.8 Å². The van der Waals surface area contributed by atoms with Crippen LogP contribution >= 0.6 is 22.6 Å². The lowest BCUT2D eigenvalue weighted by Crippen LogP contribution is -2.39. The van der Waals surface area contributed by atoms with E-state index in [9.17, 15) is 5.11 Å². The van der Waals surface area contributed by atoms with Crippen molar-refractivity contribution < 1.29 is 9.84 Å².